The first-order valence-corrected chi connectivity index (χ1v) is 9.18. The van der Waals surface area contributed by atoms with Crippen molar-refractivity contribution in [2.45, 2.75) is 44.9 Å². The van der Waals surface area contributed by atoms with E-state index in [2.05, 4.69) is 10.6 Å². The summed E-state index contributed by atoms with van der Waals surface area (Å²) in [4.78, 5) is 37.6. The average molecular weight is 332 g/mol. The van der Waals surface area contributed by atoms with Crippen molar-refractivity contribution < 1.29 is 14.4 Å². The Morgan fingerprint density at radius 2 is 1.91 bits per heavy atom. The Hall–Kier alpha value is -1.69. The van der Waals surface area contributed by atoms with Crippen molar-refractivity contribution in [1.82, 2.24) is 5.32 Å². The summed E-state index contributed by atoms with van der Waals surface area (Å²) in [7, 11) is 0. The van der Waals surface area contributed by atoms with Gasteiger partial charge in [-0.25, -0.2) is 0 Å². The van der Waals surface area contributed by atoms with Crippen LogP contribution < -0.4 is 10.6 Å². The molecule has 0 bridgehead atoms. The predicted octanol–water partition coefficient (Wildman–Crippen LogP) is 2.29. The number of hydrogen-bond donors (Lipinski definition) is 2. The minimum absolute atomic E-state index is 0.00571. The highest BCUT2D eigenvalue weighted by molar-refractivity contribution is 7.17. The Kier molecular flexibility index (Phi) is 3.71. The van der Waals surface area contributed by atoms with Gasteiger partial charge in [-0.3, -0.25) is 14.4 Å². The molecule has 3 aliphatic rings. The Morgan fingerprint density at radius 1 is 1.13 bits per heavy atom. The first-order valence-electron chi connectivity index (χ1n) is 8.37. The fourth-order valence-electron chi connectivity index (χ4n) is 2.97. The summed E-state index contributed by atoms with van der Waals surface area (Å²) in [6.07, 6.45) is 5.74. The van der Waals surface area contributed by atoms with Crippen LogP contribution in [0.3, 0.4) is 0 Å². The second kappa shape index (κ2) is 5.74. The smallest absolute Gasteiger partial charge is 0.254 e. The molecule has 1 heterocycles. The van der Waals surface area contributed by atoms with Crippen molar-refractivity contribution in [3.8, 4) is 0 Å². The molecule has 0 aromatic carbocycles. The van der Waals surface area contributed by atoms with E-state index >= 15 is 0 Å². The molecule has 23 heavy (non-hydrogen) atoms. The van der Waals surface area contributed by atoms with Gasteiger partial charge in [0.25, 0.3) is 5.91 Å². The van der Waals surface area contributed by atoms with Crippen LogP contribution in [0.2, 0.25) is 0 Å². The zero-order valence-electron chi connectivity index (χ0n) is 12.9. The second-order valence-electron chi connectivity index (χ2n) is 6.84. The lowest BCUT2D eigenvalue weighted by Gasteiger charge is -2.12. The third kappa shape index (κ3) is 3.17. The van der Waals surface area contributed by atoms with Crippen LogP contribution >= 0.6 is 11.3 Å². The van der Waals surface area contributed by atoms with E-state index in [1.54, 1.807) is 0 Å². The lowest BCUT2D eigenvalue weighted by Crippen LogP contribution is -2.28. The first kappa shape index (κ1) is 14.9. The van der Waals surface area contributed by atoms with Gasteiger partial charge in [-0.1, -0.05) is 0 Å². The lowest BCUT2D eigenvalue weighted by molar-refractivity contribution is -0.119. The van der Waals surface area contributed by atoms with Crippen LogP contribution in [-0.4, -0.2) is 24.1 Å². The Balaban J connectivity index is 1.61. The third-order valence-corrected chi connectivity index (χ3v) is 5.96. The number of rotatable bonds is 5. The molecular weight excluding hydrogens is 312 g/mol. The Bertz CT molecular complexity index is 686. The second-order valence-corrected chi connectivity index (χ2v) is 7.95. The summed E-state index contributed by atoms with van der Waals surface area (Å²) in [5, 5.41) is 6.55. The molecule has 0 aliphatic heterocycles. The Morgan fingerprint density at radius 3 is 2.61 bits per heavy atom. The van der Waals surface area contributed by atoms with Gasteiger partial charge in [0.05, 0.1) is 5.56 Å². The molecule has 0 unspecified atom stereocenters. The van der Waals surface area contributed by atoms with Crippen LogP contribution in [0.25, 0.3) is 0 Å². The van der Waals surface area contributed by atoms with Crippen LogP contribution in [0.4, 0.5) is 5.00 Å². The van der Waals surface area contributed by atoms with Gasteiger partial charge in [0.1, 0.15) is 10.8 Å². The van der Waals surface area contributed by atoms with Crippen LogP contribution in [0, 0.1) is 11.8 Å². The maximum absolute atomic E-state index is 12.6. The van der Waals surface area contributed by atoms with Crippen molar-refractivity contribution in [1.29, 1.82) is 0 Å². The lowest BCUT2D eigenvalue weighted by atomic mass is 9.94. The molecule has 3 aliphatic carbocycles. The molecule has 2 fully saturated rings. The minimum Gasteiger partial charge on any atom is -0.352 e. The van der Waals surface area contributed by atoms with E-state index in [0.717, 1.165) is 23.3 Å². The van der Waals surface area contributed by atoms with Crippen molar-refractivity contribution in [2.24, 2.45) is 11.8 Å². The molecule has 2 amide bonds. The molecular formula is C17H20N2O3S. The van der Waals surface area contributed by atoms with E-state index in [4.69, 9.17) is 0 Å². The molecule has 1 aromatic heterocycles. The number of aryl methyl sites for hydroxylation is 1. The highest BCUT2D eigenvalue weighted by atomic mass is 32.1. The highest BCUT2D eigenvalue weighted by Gasteiger charge is 2.33. The summed E-state index contributed by atoms with van der Waals surface area (Å²) < 4.78 is 0. The normalized spacial score (nSPS) is 20.1. The van der Waals surface area contributed by atoms with Crippen LogP contribution in [-0.2, 0) is 22.4 Å². The van der Waals surface area contributed by atoms with Crippen LogP contribution in [0.15, 0.2) is 0 Å². The van der Waals surface area contributed by atoms with E-state index in [1.807, 2.05) is 0 Å². The largest absolute Gasteiger partial charge is 0.352 e. The van der Waals surface area contributed by atoms with Gasteiger partial charge in [-0.15, -0.1) is 11.3 Å². The molecule has 0 atom stereocenters. The summed E-state index contributed by atoms with van der Waals surface area (Å²) in [6.45, 7) is 0.688. The molecule has 122 valence electrons. The fourth-order valence-corrected chi connectivity index (χ4v) is 4.19. The van der Waals surface area contributed by atoms with Crippen molar-refractivity contribution >= 4 is 33.9 Å². The molecule has 0 radical (unpaired) electrons. The number of ketones is 1. The summed E-state index contributed by atoms with van der Waals surface area (Å²) >= 11 is 1.47. The number of thiophene rings is 1. The molecule has 0 spiro atoms. The van der Waals surface area contributed by atoms with Crippen molar-refractivity contribution in [2.75, 3.05) is 11.9 Å². The van der Waals surface area contributed by atoms with E-state index in [-0.39, 0.29) is 23.5 Å². The van der Waals surface area contributed by atoms with Gasteiger partial charge < -0.3 is 10.6 Å². The van der Waals surface area contributed by atoms with Gasteiger partial charge in [0.2, 0.25) is 5.91 Å². The van der Waals surface area contributed by atoms with E-state index in [0.29, 0.717) is 42.3 Å². The Labute approximate surface area is 138 Å². The third-order valence-electron chi connectivity index (χ3n) is 4.76. The van der Waals surface area contributed by atoms with E-state index < -0.39 is 0 Å². The first-order chi connectivity index (χ1) is 11.1. The number of amides is 2. The van der Waals surface area contributed by atoms with Crippen molar-refractivity contribution in [3.63, 3.8) is 0 Å². The standard InChI is InChI=1S/C17H20N2O3S/c20-11-5-6-13-12(7-11)14(16(22)18-8-9-1-2-9)17(23-13)19-15(21)10-3-4-10/h9-10H,1-8H2,(H,18,22)(H,19,21). The quantitative estimate of drug-likeness (QED) is 0.869. The zero-order chi connectivity index (χ0) is 16.0. The maximum atomic E-state index is 12.6. The molecule has 2 saturated carbocycles. The number of carbonyl (C=O) groups is 3. The van der Waals surface area contributed by atoms with Crippen LogP contribution in [0.1, 0.15) is 52.9 Å². The van der Waals surface area contributed by atoms with Gasteiger partial charge >= 0.3 is 0 Å². The number of fused-ring (bicyclic) bond motifs is 1. The number of Topliss-reactive ketones (excluding diaryl/α,β-unsaturated/α-hetero) is 1. The fraction of sp³-hybridized carbons (Fsp3) is 0.588. The maximum Gasteiger partial charge on any atom is 0.254 e. The predicted molar refractivity (Wildman–Crippen MR) is 87.8 cm³/mol. The van der Waals surface area contributed by atoms with E-state index in [9.17, 15) is 14.4 Å². The molecule has 0 saturated heterocycles. The summed E-state index contributed by atoms with van der Waals surface area (Å²) in [6, 6.07) is 0. The average Bonchev–Trinajstić information content (AvgIpc) is 3.42. The molecule has 2 N–H and O–H groups in total. The zero-order valence-corrected chi connectivity index (χ0v) is 13.8. The van der Waals surface area contributed by atoms with Crippen LogP contribution in [0.5, 0.6) is 0 Å². The molecule has 6 heteroatoms. The number of nitrogens with one attached hydrogen (secondary N) is 2. The minimum atomic E-state index is -0.143. The van der Waals surface area contributed by atoms with Gasteiger partial charge in [-0.05, 0) is 43.6 Å². The molecule has 5 nitrogen and oxygen atoms in total. The summed E-state index contributed by atoms with van der Waals surface area (Å²) in [5.41, 5.74) is 1.37. The SMILES string of the molecule is O=C1CCc2sc(NC(=O)C3CC3)c(C(=O)NCC3CC3)c2C1. The highest BCUT2D eigenvalue weighted by Crippen LogP contribution is 2.39. The summed E-state index contributed by atoms with van der Waals surface area (Å²) in [5.74, 6) is 0.727. The number of hydrogen-bond acceptors (Lipinski definition) is 4. The monoisotopic (exact) mass is 332 g/mol. The van der Waals surface area contributed by atoms with Crippen molar-refractivity contribution in [3.05, 3.63) is 16.0 Å². The van der Waals surface area contributed by atoms with Gasteiger partial charge in [-0.2, -0.15) is 0 Å². The van der Waals surface area contributed by atoms with E-state index in [1.165, 1.54) is 24.2 Å². The van der Waals surface area contributed by atoms with Gasteiger partial charge in [0.15, 0.2) is 0 Å². The number of anilines is 1. The molecule has 4 rings (SSSR count). The number of carbonyl (C=O) groups excluding carboxylic acids is 3. The van der Waals surface area contributed by atoms with Gasteiger partial charge in [0, 0.05) is 30.2 Å². The molecule has 1 aromatic rings. The topological polar surface area (TPSA) is 75.3 Å².